The minimum absolute atomic E-state index is 0.0506. The Bertz CT molecular complexity index is 256. The van der Waals surface area contributed by atoms with Crippen LogP contribution in [-0.4, -0.2) is 38.8 Å². The fourth-order valence-electron chi connectivity index (χ4n) is 0.779. The Morgan fingerprint density at radius 1 is 1.42 bits per heavy atom. The van der Waals surface area contributed by atoms with Gasteiger partial charge in [-0.3, -0.25) is 0 Å². The van der Waals surface area contributed by atoms with E-state index in [1.807, 2.05) is 0 Å². The third-order valence-corrected chi connectivity index (χ3v) is 1.33. The molecule has 0 fully saturated rings. The molecule has 1 heterocycles. The summed E-state index contributed by atoms with van der Waals surface area (Å²) in [4.78, 5) is 7.61. The molecule has 6 heteroatoms. The Kier molecular flexibility index (Phi) is 3.15. The minimum Gasteiger partial charge on any atom is -0.422 e. The predicted octanol–water partition coefficient (Wildman–Crippen LogP) is -2.31. The molecular weight excluding hydrogens is 159 g/mol. The van der Waals surface area contributed by atoms with Crippen LogP contribution in [0.1, 0.15) is 5.82 Å². The highest BCUT2D eigenvalue weighted by Crippen LogP contribution is 1.86. The maximum absolute atomic E-state index is 8.72. The molecule has 0 spiro atoms. The van der Waals surface area contributed by atoms with E-state index in [0.29, 0.717) is 12.2 Å². The fraction of sp³-hybridized carbons (Fsp3) is 0.333. The van der Waals surface area contributed by atoms with Crippen LogP contribution in [0.3, 0.4) is 0 Å². The van der Waals surface area contributed by atoms with Crippen molar-refractivity contribution >= 4 is 12.7 Å². The van der Waals surface area contributed by atoms with Crippen molar-refractivity contribution in [3.63, 3.8) is 0 Å². The van der Waals surface area contributed by atoms with Gasteiger partial charge in [-0.05, 0) is 6.07 Å². The van der Waals surface area contributed by atoms with Gasteiger partial charge < -0.3 is 15.2 Å². The van der Waals surface area contributed by atoms with Gasteiger partial charge in [0.05, 0.1) is 12.2 Å². The van der Waals surface area contributed by atoms with E-state index in [2.05, 4.69) is 9.97 Å². The molecule has 64 valence electrons. The topological polar surface area (TPSA) is 86.5 Å². The Morgan fingerprint density at radius 2 is 2.17 bits per heavy atom. The molecule has 0 bridgehead atoms. The van der Waals surface area contributed by atoms with Gasteiger partial charge in [-0.1, -0.05) is 0 Å². The SMILES string of the molecule is OCCc1nccc(B(O)O)n1. The summed E-state index contributed by atoms with van der Waals surface area (Å²) in [6, 6.07) is 1.41. The minimum atomic E-state index is -1.58. The molecule has 0 unspecified atom stereocenters. The number of rotatable bonds is 3. The first-order valence-corrected chi connectivity index (χ1v) is 3.53. The molecule has 0 amide bonds. The van der Waals surface area contributed by atoms with Crippen molar-refractivity contribution in [1.82, 2.24) is 9.97 Å². The molecular formula is C6H9BN2O3. The maximum atomic E-state index is 8.72. The Labute approximate surface area is 69.9 Å². The van der Waals surface area contributed by atoms with Crippen LogP contribution in [0, 0.1) is 0 Å². The van der Waals surface area contributed by atoms with Crippen molar-refractivity contribution in [1.29, 1.82) is 0 Å². The normalized spacial score (nSPS) is 9.92. The summed E-state index contributed by atoms with van der Waals surface area (Å²) in [6.07, 6.45) is 1.74. The largest absolute Gasteiger partial charge is 0.508 e. The van der Waals surface area contributed by atoms with E-state index in [9.17, 15) is 0 Å². The van der Waals surface area contributed by atoms with E-state index in [0.717, 1.165) is 0 Å². The monoisotopic (exact) mass is 168 g/mol. The number of aliphatic hydroxyl groups excluding tert-OH is 1. The summed E-state index contributed by atoms with van der Waals surface area (Å²) in [6.45, 7) is -0.0506. The number of nitrogens with zero attached hydrogens (tertiary/aromatic N) is 2. The van der Waals surface area contributed by atoms with Crippen molar-refractivity contribution in [2.24, 2.45) is 0 Å². The third kappa shape index (κ3) is 2.26. The van der Waals surface area contributed by atoms with Crippen LogP contribution >= 0.6 is 0 Å². The molecule has 3 N–H and O–H groups in total. The molecule has 0 atom stereocenters. The lowest BCUT2D eigenvalue weighted by molar-refractivity contribution is 0.296. The van der Waals surface area contributed by atoms with Crippen LogP contribution in [0.15, 0.2) is 12.3 Å². The molecule has 12 heavy (non-hydrogen) atoms. The van der Waals surface area contributed by atoms with Gasteiger partial charge in [-0.15, -0.1) is 0 Å². The third-order valence-electron chi connectivity index (χ3n) is 1.33. The average molecular weight is 168 g/mol. The van der Waals surface area contributed by atoms with E-state index in [1.165, 1.54) is 12.3 Å². The second kappa shape index (κ2) is 4.15. The zero-order valence-corrected chi connectivity index (χ0v) is 6.38. The summed E-state index contributed by atoms with van der Waals surface area (Å²) in [7, 11) is -1.58. The Balaban J connectivity index is 2.81. The van der Waals surface area contributed by atoms with E-state index >= 15 is 0 Å². The maximum Gasteiger partial charge on any atom is 0.508 e. The smallest absolute Gasteiger partial charge is 0.422 e. The lowest BCUT2D eigenvalue weighted by Gasteiger charge is -2.00. The molecule has 0 saturated carbocycles. The van der Waals surface area contributed by atoms with E-state index in [-0.39, 0.29) is 12.2 Å². The van der Waals surface area contributed by atoms with Crippen LogP contribution in [0.2, 0.25) is 0 Å². The molecule has 0 saturated heterocycles. The highest BCUT2D eigenvalue weighted by atomic mass is 16.4. The predicted molar refractivity (Wildman–Crippen MR) is 42.6 cm³/mol. The van der Waals surface area contributed by atoms with Crippen molar-refractivity contribution in [3.8, 4) is 0 Å². The summed E-state index contributed by atoms with van der Waals surface area (Å²) < 4.78 is 0. The first kappa shape index (κ1) is 9.12. The van der Waals surface area contributed by atoms with Crippen LogP contribution in [0.5, 0.6) is 0 Å². The second-order valence-corrected chi connectivity index (χ2v) is 2.25. The molecule has 0 aliphatic heterocycles. The van der Waals surface area contributed by atoms with E-state index in [1.54, 1.807) is 0 Å². The number of hydrogen-bond acceptors (Lipinski definition) is 5. The lowest BCUT2D eigenvalue weighted by atomic mass is 9.86. The molecule has 5 nitrogen and oxygen atoms in total. The summed E-state index contributed by atoms with van der Waals surface area (Å²) in [5.74, 6) is 0.406. The van der Waals surface area contributed by atoms with Gasteiger partial charge in [0.2, 0.25) is 0 Å². The lowest BCUT2D eigenvalue weighted by Crippen LogP contribution is -2.33. The Hall–Kier alpha value is -0.975. The zero-order valence-electron chi connectivity index (χ0n) is 6.38. The van der Waals surface area contributed by atoms with Crippen LogP contribution < -0.4 is 5.59 Å². The summed E-state index contributed by atoms with van der Waals surface area (Å²) in [5, 5.41) is 26.0. The van der Waals surface area contributed by atoms with Gasteiger partial charge in [0.25, 0.3) is 0 Å². The van der Waals surface area contributed by atoms with Gasteiger partial charge in [0.15, 0.2) is 0 Å². The molecule has 1 aromatic rings. The highest BCUT2D eigenvalue weighted by molar-refractivity contribution is 6.57. The molecule has 1 rings (SSSR count). The highest BCUT2D eigenvalue weighted by Gasteiger charge is 2.12. The van der Waals surface area contributed by atoms with Gasteiger partial charge in [-0.2, -0.15) is 0 Å². The number of aromatic nitrogens is 2. The molecule has 0 aliphatic rings. The average Bonchev–Trinajstić information content (AvgIpc) is 2.05. The van der Waals surface area contributed by atoms with E-state index in [4.69, 9.17) is 15.2 Å². The Morgan fingerprint density at radius 3 is 2.75 bits per heavy atom. The molecule has 0 radical (unpaired) electrons. The fourth-order valence-corrected chi connectivity index (χ4v) is 0.779. The van der Waals surface area contributed by atoms with E-state index < -0.39 is 7.12 Å². The first-order chi connectivity index (χ1) is 5.74. The molecule has 0 aromatic carbocycles. The second-order valence-electron chi connectivity index (χ2n) is 2.25. The summed E-state index contributed by atoms with van der Waals surface area (Å²) >= 11 is 0. The van der Waals surface area contributed by atoms with Crippen LogP contribution in [0.4, 0.5) is 0 Å². The van der Waals surface area contributed by atoms with Crippen LogP contribution in [0.25, 0.3) is 0 Å². The molecule has 1 aromatic heterocycles. The van der Waals surface area contributed by atoms with Gasteiger partial charge in [-0.25, -0.2) is 9.97 Å². The number of aliphatic hydroxyl groups is 1. The van der Waals surface area contributed by atoms with Crippen molar-refractivity contribution < 1.29 is 15.2 Å². The quantitative estimate of drug-likeness (QED) is 0.441. The molecule has 0 aliphatic carbocycles. The van der Waals surface area contributed by atoms with Gasteiger partial charge in [0, 0.05) is 12.6 Å². The van der Waals surface area contributed by atoms with Crippen molar-refractivity contribution in [3.05, 3.63) is 18.1 Å². The standard InChI is InChI=1S/C6H9BN2O3/c10-4-2-6-8-3-1-5(9-6)7(11)12/h1,3,10-12H,2,4H2. The van der Waals surface area contributed by atoms with Crippen LogP contribution in [-0.2, 0) is 6.42 Å². The number of hydrogen-bond donors (Lipinski definition) is 3. The zero-order chi connectivity index (χ0) is 8.97. The summed E-state index contributed by atoms with van der Waals surface area (Å²) in [5.41, 5.74) is 0.147. The first-order valence-electron chi connectivity index (χ1n) is 3.53. The van der Waals surface area contributed by atoms with Gasteiger partial charge >= 0.3 is 7.12 Å². The van der Waals surface area contributed by atoms with Gasteiger partial charge in [0.1, 0.15) is 5.82 Å². The van der Waals surface area contributed by atoms with Crippen molar-refractivity contribution in [2.45, 2.75) is 6.42 Å². The van der Waals surface area contributed by atoms with Crippen molar-refractivity contribution in [2.75, 3.05) is 6.61 Å².